The summed E-state index contributed by atoms with van der Waals surface area (Å²) in [4.78, 5) is 3.17. The van der Waals surface area contributed by atoms with Crippen LogP contribution in [0.4, 0.5) is 14.5 Å². The van der Waals surface area contributed by atoms with Crippen LogP contribution in [0.25, 0.3) is 27.7 Å². The molecule has 4 aromatic rings. The Morgan fingerprint density at radius 3 is 2.55 bits per heavy atom. The van der Waals surface area contributed by atoms with Gasteiger partial charge in [0.2, 0.25) is 0 Å². The Hall–Kier alpha value is -3.22. The highest BCUT2D eigenvalue weighted by Gasteiger charge is 2.36. The molecule has 0 saturated carbocycles. The lowest BCUT2D eigenvalue weighted by atomic mass is 9.92. The molecule has 0 aliphatic carbocycles. The number of aromatic nitrogens is 4. The minimum absolute atomic E-state index is 0.371. The number of rotatable bonds is 1. The predicted molar refractivity (Wildman–Crippen MR) is 109 cm³/mol. The first-order chi connectivity index (χ1) is 13.7. The molecule has 0 unspecified atom stereocenters. The van der Waals surface area contributed by atoms with Crippen LogP contribution in [0.15, 0.2) is 24.4 Å². The van der Waals surface area contributed by atoms with Gasteiger partial charge in [-0.05, 0) is 63.9 Å². The van der Waals surface area contributed by atoms with Crippen molar-refractivity contribution < 1.29 is 8.78 Å². The van der Waals surface area contributed by atoms with Gasteiger partial charge in [0.25, 0.3) is 0 Å². The number of benzene rings is 2. The van der Waals surface area contributed by atoms with E-state index in [2.05, 4.69) is 20.5 Å². The first kappa shape index (κ1) is 17.8. The van der Waals surface area contributed by atoms with Crippen LogP contribution >= 0.6 is 0 Å². The molecule has 2 N–H and O–H groups in total. The molecule has 29 heavy (non-hydrogen) atoms. The zero-order chi connectivity index (χ0) is 20.7. The van der Waals surface area contributed by atoms with E-state index in [4.69, 9.17) is 0 Å². The molecule has 1 aliphatic rings. The minimum atomic E-state index is -0.503. The Labute approximate surface area is 166 Å². The molecule has 2 aromatic heterocycles. The van der Waals surface area contributed by atoms with Crippen molar-refractivity contribution in [3.8, 4) is 16.8 Å². The van der Waals surface area contributed by atoms with Gasteiger partial charge in [0, 0.05) is 22.7 Å². The van der Waals surface area contributed by atoms with Crippen molar-refractivity contribution in [2.24, 2.45) is 0 Å². The van der Waals surface area contributed by atoms with Crippen molar-refractivity contribution in [3.05, 3.63) is 58.8 Å². The van der Waals surface area contributed by atoms with Crippen LogP contribution < -0.4 is 5.32 Å². The Bertz CT molecular complexity index is 1310. The van der Waals surface area contributed by atoms with Gasteiger partial charge in [-0.15, -0.1) is 10.2 Å². The number of hydrogen-bond acceptors (Lipinski definition) is 3. The van der Waals surface area contributed by atoms with Crippen molar-refractivity contribution in [1.29, 1.82) is 0 Å². The fraction of sp³-hybridized carbons (Fsp3) is 0.273. The summed E-state index contributed by atoms with van der Waals surface area (Å²) in [5.74, 6) is 0.671. The standard InChI is InChI=1S/C22H21F2N5/c1-10-9-25-19-14(10)6-13(23)7-15(19)18-11(2)20-17(8-16(18)24)26-22(4,5)21-28-27-12(3)29(20)21/h6-9,25-26H,1-5H3. The quantitative estimate of drug-likeness (QED) is 0.463. The minimum Gasteiger partial charge on any atom is -0.371 e. The normalized spacial score (nSPS) is 14.6. The van der Waals surface area contributed by atoms with Crippen LogP contribution in [-0.2, 0) is 5.54 Å². The molecule has 0 bridgehead atoms. The summed E-state index contributed by atoms with van der Waals surface area (Å²) >= 11 is 0. The van der Waals surface area contributed by atoms with Gasteiger partial charge in [0.15, 0.2) is 5.82 Å². The lowest BCUT2D eigenvalue weighted by Gasteiger charge is -2.35. The van der Waals surface area contributed by atoms with Crippen LogP contribution in [0.2, 0.25) is 0 Å². The largest absolute Gasteiger partial charge is 0.371 e. The van der Waals surface area contributed by atoms with E-state index in [1.807, 2.05) is 45.4 Å². The Morgan fingerprint density at radius 1 is 1.03 bits per heavy atom. The van der Waals surface area contributed by atoms with Crippen molar-refractivity contribution in [1.82, 2.24) is 19.7 Å². The van der Waals surface area contributed by atoms with Gasteiger partial charge in [-0.25, -0.2) is 8.78 Å². The van der Waals surface area contributed by atoms with E-state index in [0.717, 1.165) is 33.8 Å². The molecular weight excluding hydrogens is 372 g/mol. The summed E-state index contributed by atoms with van der Waals surface area (Å²) in [6, 6.07) is 4.34. The summed E-state index contributed by atoms with van der Waals surface area (Å²) in [7, 11) is 0. The molecule has 3 heterocycles. The number of anilines is 1. The number of hydrogen-bond donors (Lipinski definition) is 2. The first-order valence-electron chi connectivity index (χ1n) is 9.51. The Balaban J connectivity index is 1.88. The molecule has 0 radical (unpaired) electrons. The highest BCUT2D eigenvalue weighted by atomic mass is 19.1. The van der Waals surface area contributed by atoms with E-state index in [0.29, 0.717) is 22.4 Å². The SMILES string of the molecule is Cc1c(-c2cc(F)cc3c(C)c[nH]c23)c(F)cc2c1-n1c(C)nnc1C(C)(C)N2. The van der Waals surface area contributed by atoms with Crippen LogP contribution in [0, 0.1) is 32.4 Å². The third kappa shape index (κ3) is 2.36. The molecule has 0 amide bonds. The lowest BCUT2D eigenvalue weighted by molar-refractivity contribution is 0.532. The fourth-order valence-electron chi connectivity index (χ4n) is 4.44. The molecule has 0 saturated heterocycles. The molecule has 5 nitrogen and oxygen atoms in total. The zero-order valence-corrected chi connectivity index (χ0v) is 16.9. The van der Waals surface area contributed by atoms with E-state index >= 15 is 4.39 Å². The Kier molecular flexibility index (Phi) is 3.48. The van der Waals surface area contributed by atoms with Crippen molar-refractivity contribution in [3.63, 3.8) is 0 Å². The highest BCUT2D eigenvalue weighted by Crippen LogP contribution is 2.44. The topological polar surface area (TPSA) is 58.5 Å². The summed E-state index contributed by atoms with van der Waals surface area (Å²) in [5.41, 5.74) is 4.16. The number of nitrogens with one attached hydrogen (secondary N) is 2. The molecule has 148 valence electrons. The number of H-pyrrole nitrogens is 1. The molecule has 2 aromatic carbocycles. The molecule has 5 rings (SSSR count). The smallest absolute Gasteiger partial charge is 0.162 e. The third-order valence-corrected chi connectivity index (χ3v) is 5.78. The maximum Gasteiger partial charge on any atom is 0.162 e. The van der Waals surface area contributed by atoms with Gasteiger partial charge in [-0.3, -0.25) is 4.57 Å². The molecule has 7 heteroatoms. The summed E-state index contributed by atoms with van der Waals surface area (Å²) in [5, 5.41) is 12.7. The average molecular weight is 393 g/mol. The first-order valence-corrected chi connectivity index (χ1v) is 9.51. The van der Waals surface area contributed by atoms with Crippen molar-refractivity contribution in [2.45, 2.75) is 40.2 Å². The van der Waals surface area contributed by atoms with Crippen LogP contribution in [0.3, 0.4) is 0 Å². The maximum atomic E-state index is 15.4. The van der Waals surface area contributed by atoms with Crippen LogP contribution in [0.5, 0.6) is 0 Å². The van der Waals surface area contributed by atoms with E-state index < -0.39 is 17.2 Å². The number of nitrogens with zero attached hydrogens (tertiary/aromatic N) is 3. The van der Waals surface area contributed by atoms with Gasteiger partial charge in [0.05, 0.1) is 22.4 Å². The number of aryl methyl sites for hydroxylation is 2. The number of fused-ring (bicyclic) bond motifs is 4. The van der Waals surface area contributed by atoms with E-state index in [1.165, 1.54) is 18.2 Å². The van der Waals surface area contributed by atoms with Gasteiger partial charge < -0.3 is 10.3 Å². The highest BCUT2D eigenvalue weighted by molar-refractivity contribution is 5.98. The average Bonchev–Trinajstić information content (AvgIpc) is 3.19. The monoisotopic (exact) mass is 393 g/mol. The molecular formula is C22H21F2N5. The summed E-state index contributed by atoms with van der Waals surface area (Å²) in [6.45, 7) is 9.59. The second-order valence-corrected chi connectivity index (χ2v) is 8.26. The second kappa shape index (κ2) is 5.65. The number of aromatic amines is 1. The van der Waals surface area contributed by atoms with E-state index in [-0.39, 0.29) is 0 Å². The van der Waals surface area contributed by atoms with Gasteiger partial charge in [0.1, 0.15) is 17.5 Å². The van der Waals surface area contributed by atoms with Crippen LogP contribution in [-0.4, -0.2) is 19.7 Å². The van der Waals surface area contributed by atoms with Crippen molar-refractivity contribution >= 4 is 16.6 Å². The number of halogens is 2. The maximum absolute atomic E-state index is 15.4. The lowest BCUT2D eigenvalue weighted by Crippen LogP contribution is -2.36. The molecule has 0 atom stereocenters. The predicted octanol–water partition coefficient (Wildman–Crippen LogP) is 5.28. The van der Waals surface area contributed by atoms with Crippen LogP contribution in [0.1, 0.15) is 36.6 Å². The fourth-order valence-corrected chi connectivity index (χ4v) is 4.44. The van der Waals surface area contributed by atoms with E-state index in [1.54, 1.807) is 0 Å². The van der Waals surface area contributed by atoms with Crippen molar-refractivity contribution in [2.75, 3.05) is 5.32 Å². The molecule has 0 fully saturated rings. The second-order valence-electron chi connectivity index (χ2n) is 8.26. The Morgan fingerprint density at radius 2 is 1.79 bits per heavy atom. The van der Waals surface area contributed by atoms with Gasteiger partial charge in [-0.1, -0.05) is 0 Å². The van der Waals surface area contributed by atoms with E-state index in [9.17, 15) is 4.39 Å². The molecule has 0 spiro atoms. The van der Waals surface area contributed by atoms with Gasteiger partial charge in [-0.2, -0.15) is 0 Å². The summed E-state index contributed by atoms with van der Waals surface area (Å²) < 4.78 is 31.8. The third-order valence-electron chi connectivity index (χ3n) is 5.78. The van der Waals surface area contributed by atoms with Gasteiger partial charge >= 0.3 is 0 Å². The molecule has 1 aliphatic heterocycles. The summed E-state index contributed by atoms with van der Waals surface area (Å²) in [6.07, 6.45) is 1.81. The zero-order valence-electron chi connectivity index (χ0n) is 16.9.